The molecular formula is C18H31N. The van der Waals surface area contributed by atoms with Gasteiger partial charge < -0.3 is 5.73 Å². The van der Waals surface area contributed by atoms with Crippen molar-refractivity contribution < 1.29 is 0 Å². The number of fused-ring (bicyclic) bond motifs is 1. The van der Waals surface area contributed by atoms with E-state index in [1.165, 1.54) is 64.2 Å². The fraction of sp³-hybridized carbons (Fsp3) is 0.889. The Bertz CT molecular complexity index is 334. The van der Waals surface area contributed by atoms with Gasteiger partial charge in [0.25, 0.3) is 0 Å². The van der Waals surface area contributed by atoms with Crippen LogP contribution in [-0.4, -0.2) is 6.54 Å². The van der Waals surface area contributed by atoms with Crippen LogP contribution in [0.4, 0.5) is 0 Å². The molecule has 0 saturated heterocycles. The average molecular weight is 261 g/mol. The van der Waals surface area contributed by atoms with Gasteiger partial charge in [-0.3, -0.25) is 0 Å². The van der Waals surface area contributed by atoms with Crippen molar-refractivity contribution in [2.24, 2.45) is 28.9 Å². The van der Waals surface area contributed by atoms with Crippen molar-refractivity contribution in [2.45, 2.75) is 71.1 Å². The Morgan fingerprint density at radius 3 is 2.68 bits per heavy atom. The maximum atomic E-state index is 6.27. The van der Waals surface area contributed by atoms with Crippen LogP contribution in [0.15, 0.2) is 11.6 Å². The third kappa shape index (κ3) is 2.63. The van der Waals surface area contributed by atoms with Crippen LogP contribution >= 0.6 is 0 Å². The zero-order chi connectivity index (χ0) is 13.3. The summed E-state index contributed by atoms with van der Waals surface area (Å²) in [6.07, 6.45) is 16.7. The number of hydrogen-bond acceptors (Lipinski definition) is 1. The first-order chi connectivity index (χ1) is 9.25. The zero-order valence-electron chi connectivity index (χ0n) is 12.7. The molecule has 0 amide bonds. The predicted molar refractivity (Wildman–Crippen MR) is 81.9 cm³/mol. The first-order valence-corrected chi connectivity index (χ1v) is 8.65. The minimum Gasteiger partial charge on any atom is -0.330 e. The highest BCUT2D eigenvalue weighted by molar-refractivity contribution is 5.17. The van der Waals surface area contributed by atoms with Gasteiger partial charge in [-0.05, 0) is 75.5 Å². The highest BCUT2D eigenvalue weighted by Gasteiger charge is 2.40. The summed E-state index contributed by atoms with van der Waals surface area (Å²) in [4.78, 5) is 0. The Balaban J connectivity index is 1.89. The summed E-state index contributed by atoms with van der Waals surface area (Å²) in [5, 5.41) is 0. The molecule has 2 unspecified atom stereocenters. The van der Waals surface area contributed by atoms with Crippen molar-refractivity contribution in [2.75, 3.05) is 6.54 Å². The first kappa shape index (κ1) is 13.7. The van der Waals surface area contributed by atoms with E-state index < -0.39 is 0 Å². The summed E-state index contributed by atoms with van der Waals surface area (Å²) in [5.41, 5.74) is 8.37. The normalized spacial score (nSPS) is 45.6. The van der Waals surface area contributed by atoms with Crippen LogP contribution in [0.3, 0.4) is 0 Å². The summed E-state index contributed by atoms with van der Waals surface area (Å²) in [6.45, 7) is 3.24. The second-order valence-corrected chi connectivity index (χ2v) is 7.55. The molecule has 4 aliphatic rings. The average Bonchev–Trinajstić information content (AvgIpc) is 2.35. The van der Waals surface area contributed by atoms with Gasteiger partial charge in [-0.1, -0.05) is 25.0 Å². The van der Waals surface area contributed by atoms with E-state index in [9.17, 15) is 0 Å². The molecule has 108 valence electrons. The second-order valence-electron chi connectivity index (χ2n) is 7.55. The van der Waals surface area contributed by atoms with Gasteiger partial charge in [-0.15, -0.1) is 0 Å². The molecule has 1 heteroatoms. The molecule has 1 nitrogen and oxygen atoms in total. The molecule has 0 aliphatic heterocycles. The van der Waals surface area contributed by atoms with Gasteiger partial charge in [0.05, 0.1) is 0 Å². The van der Waals surface area contributed by atoms with Gasteiger partial charge in [0.2, 0.25) is 0 Å². The van der Waals surface area contributed by atoms with E-state index in [1.54, 1.807) is 5.57 Å². The molecule has 3 fully saturated rings. The first-order valence-electron chi connectivity index (χ1n) is 8.65. The number of rotatable bonds is 2. The van der Waals surface area contributed by atoms with Crippen LogP contribution in [0.5, 0.6) is 0 Å². The zero-order valence-corrected chi connectivity index (χ0v) is 12.7. The molecule has 0 radical (unpaired) electrons. The van der Waals surface area contributed by atoms with E-state index in [0.717, 1.165) is 24.3 Å². The second kappa shape index (κ2) is 5.60. The number of allylic oxidation sites excluding steroid dienone is 1. The third-order valence-corrected chi connectivity index (χ3v) is 6.46. The maximum Gasteiger partial charge on any atom is 0.00345 e. The lowest BCUT2D eigenvalue weighted by Crippen LogP contribution is -2.39. The molecule has 19 heavy (non-hydrogen) atoms. The van der Waals surface area contributed by atoms with E-state index in [2.05, 4.69) is 13.0 Å². The van der Waals surface area contributed by atoms with Crippen molar-refractivity contribution in [3.8, 4) is 0 Å². The van der Waals surface area contributed by atoms with Crippen LogP contribution in [0, 0.1) is 23.2 Å². The Morgan fingerprint density at radius 2 is 1.95 bits per heavy atom. The van der Waals surface area contributed by atoms with Crippen LogP contribution < -0.4 is 5.73 Å². The van der Waals surface area contributed by atoms with Crippen LogP contribution in [0.1, 0.15) is 71.1 Å². The maximum absolute atomic E-state index is 6.27. The molecule has 4 rings (SSSR count). The standard InChI is InChI=1S/C18H31N/c1-2-18(13-19)12-16-10-15(11-16)9-14-5-3-4-6-17(18)8-7-14/h6,14-16H,2-5,7-13,19H2,1H3/b17-6+. The fourth-order valence-corrected chi connectivity index (χ4v) is 5.12. The molecular weight excluding hydrogens is 230 g/mol. The molecule has 2 atom stereocenters. The third-order valence-electron chi connectivity index (χ3n) is 6.46. The summed E-state index contributed by atoms with van der Waals surface area (Å²) in [7, 11) is 0. The Hall–Kier alpha value is -0.300. The summed E-state index contributed by atoms with van der Waals surface area (Å²) in [5.74, 6) is 3.06. The quantitative estimate of drug-likeness (QED) is 0.718. The van der Waals surface area contributed by atoms with Crippen molar-refractivity contribution >= 4 is 0 Å². The van der Waals surface area contributed by atoms with E-state index >= 15 is 0 Å². The van der Waals surface area contributed by atoms with Gasteiger partial charge in [0.1, 0.15) is 0 Å². The van der Waals surface area contributed by atoms with E-state index in [4.69, 9.17) is 5.73 Å². The minimum absolute atomic E-state index is 0.356. The van der Waals surface area contributed by atoms with Crippen molar-refractivity contribution in [1.29, 1.82) is 0 Å². The smallest absolute Gasteiger partial charge is 0.00345 e. The lowest BCUT2D eigenvalue weighted by atomic mass is 9.59. The summed E-state index contributed by atoms with van der Waals surface area (Å²) >= 11 is 0. The van der Waals surface area contributed by atoms with Crippen molar-refractivity contribution in [3.63, 3.8) is 0 Å². The molecule has 0 spiro atoms. The van der Waals surface area contributed by atoms with Gasteiger partial charge in [0.15, 0.2) is 0 Å². The Labute approximate surface area is 119 Å². The highest BCUT2D eigenvalue weighted by atomic mass is 14.6. The van der Waals surface area contributed by atoms with Gasteiger partial charge in [-0.2, -0.15) is 0 Å². The molecule has 3 saturated carbocycles. The van der Waals surface area contributed by atoms with Gasteiger partial charge >= 0.3 is 0 Å². The van der Waals surface area contributed by atoms with Crippen LogP contribution in [0.25, 0.3) is 0 Å². The molecule has 0 aromatic carbocycles. The summed E-state index contributed by atoms with van der Waals surface area (Å²) in [6, 6.07) is 0. The summed E-state index contributed by atoms with van der Waals surface area (Å²) < 4.78 is 0. The highest BCUT2D eigenvalue weighted by Crippen LogP contribution is 2.51. The molecule has 4 bridgehead atoms. The van der Waals surface area contributed by atoms with Crippen molar-refractivity contribution in [1.82, 2.24) is 0 Å². The monoisotopic (exact) mass is 261 g/mol. The molecule has 0 heterocycles. The molecule has 0 aromatic rings. The topological polar surface area (TPSA) is 26.0 Å². The molecule has 2 N–H and O–H groups in total. The van der Waals surface area contributed by atoms with Gasteiger partial charge in [0, 0.05) is 12.0 Å². The van der Waals surface area contributed by atoms with E-state index in [0.29, 0.717) is 5.41 Å². The van der Waals surface area contributed by atoms with Crippen LogP contribution in [-0.2, 0) is 0 Å². The lowest BCUT2D eigenvalue weighted by Gasteiger charge is -2.47. The Kier molecular flexibility index (Phi) is 4.03. The van der Waals surface area contributed by atoms with Gasteiger partial charge in [-0.25, -0.2) is 0 Å². The predicted octanol–water partition coefficient (Wildman–Crippen LogP) is 4.67. The SMILES string of the molecule is CCC1(CN)CC2CC(CC3CCC/C=C/1CC3)C2. The van der Waals surface area contributed by atoms with Crippen molar-refractivity contribution in [3.05, 3.63) is 11.6 Å². The van der Waals surface area contributed by atoms with Crippen LogP contribution in [0.2, 0.25) is 0 Å². The number of nitrogens with two attached hydrogens (primary N) is 1. The fourth-order valence-electron chi connectivity index (χ4n) is 5.12. The van der Waals surface area contributed by atoms with E-state index in [-0.39, 0.29) is 0 Å². The minimum atomic E-state index is 0.356. The molecule has 0 aromatic heterocycles. The lowest BCUT2D eigenvalue weighted by molar-refractivity contribution is 0.0918. The molecule has 4 aliphatic carbocycles. The largest absolute Gasteiger partial charge is 0.330 e. The number of hydrogen-bond donors (Lipinski definition) is 1. The Morgan fingerprint density at radius 1 is 1.16 bits per heavy atom. The van der Waals surface area contributed by atoms with E-state index in [1.807, 2.05) is 0 Å².